The van der Waals surface area contributed by atoms with Crippen molar-refractivity contribution >= 4 is 23.4 Å². The van der Waals surface area contributed by atoms with Gasteiger partial charge in [-0.1, -0.05) is 42.1 Å². The Morgan fingerprint density at radius 3 is 2.56 bits per heavy atom. The molecule has 0 radical (unpaired) electrons. The number of nitrogens with one attached hydrogen (secondary N) is 2. The molecule has 0 saturated carbocycles. The second kappa shape index (κ2) is 10.5. The van der Waals surface area contributed by atoms with Crippen molar-refractivity contribution in [3.8, 4) is 23.1 Å². The monoisotopic (exact) mass is 468 g/mol. The fourth-order valence-electron chi connectivity index (χ4n) is 3.26. The van der Waals surface area contributed by atoms with Gasteiger partial charge in [-0.05, 0) is 54.1 Å². The summed E-state index contributed by atoms with van der Waals surface area (Å²) >= 11 is 1.32. The number of ether oxygens (including phenoxy) is 1. The quantitative estimate of drug-likeness (QED) is 0.296. The third-order valence-electron chi connectivity index (χ3n) is 4.97. The number of nitrogens with zero attached hydrogens (tertiary/aromatic N) is 2. The molecule has 0 aliphatic heterocycles. The number of hydrogen-bond donors (Lipinski definition) is 2. The van der Waals surface area contributed by atoms with Gasteiger partial charge in [0, 0.05) is 22.6 Å². The summed E-state index contributed by atoms with van der Waals surface area (Å²) < 4.78 is 5.17. The number of para-hydroxylation sites is 1. The van der Waals surface area contributed by atoms with Crippen molar-refractivity contribution in [3.63, 3.8) is 0 Å². The highest BCUT2D eigenvalue weighted by molar-refractivity contribution is 7.98. The number of benzene rings is 3. The van der Waals surface area contributed by atoms with Crippen LogP contribution in [0.5, 0.6) is 5.75 Å². The van der Waals surface area contributed by atoms with E-state index in [1.54, 1.807) is 43.5 Å². The highest BCUT2D eigenvalue weighted by Gasteiger charge is 2.14. The van der Waals surface area contributed by atoms with E-state index in [4.69, 9.17) is 4.74 Å². The van der Waals surface area contributed by atoms with Gasteiger partial charge < -0.3 is 15.0 Å². The third kappa shape index (κ3) is 5.34. The van der Waals surface area contributed by atoms with Crippen LogP contribution in [0.3, 0.4) is 0 Å². The van der Waals surface area contributed by atoms with Crippen LogP contribution in [0.2, 0.25) is 0 Å². The summed E-state index contributed by atoms with van der Waals surface area (Å²) in [6.07, 6.45) is 0. The standard InChI is InChI=1S/C26H20N4O3S/c1-33-21-12-10-18(11-13-21)23-22(15-27)25(32)30-26(29-23)34-16-17-6-5-7-19(14-17)24(31)28-20-8-3-2-4-9-20/h2-14H,16H2,1H3,(H,28,31)(H,29,30,32). The first-order chi connectivity index (χ1) is 16.6. The first-order valence-corrected chi connectivity index (χ1v) is 11.3. The second-order valence-corrected chi connectivity index (χ2v) is 8.21. The average Bonchev–Trinajstić information content (AvgIpc) is 2.88. The maximum atomic E-state index is 12.6. The van der Waals surface area contributed by atoms with Crippen LogP contribution in [0.4, 0.5) is 5.69 Å². The topological polar surface area (TPSA) is 108 Å². The molecule has 3 aromatic carbocycles. The molecule has 8 heteroatoms. The van der Waals surface area contributed by atoms with Crippen LogP contribution in [0.25, 0.3) is 11.3 Å². The zero-order chi connectivity index (χ0) is 23.9. The minimum Gasteiger partial charge on any atom is -0.497 e. The van der Waals surface area contributed by atoms with E-state index < -0.39 is 5.56 Å². The summed E-state index contributed by atoms with van der Waals surface area (Å²) in [5, 5.41) is 12.7. The summed E-state index contributed by atoms with van der Waals surface area (Å²) in [5.74, 6) is 0.936. The molecule has 7 nitrogen and oxygen atoms in total. The maximum Gasteiger partial charge on any atom is 0.270 e. The predicted molar refractivity (Wildman–Crippen MR) is 132 cm³/mol. The Labute approximate surface area is 200 Å². The molecule has 34 heavy (non-hydrogen) atoms. The summed E-state index contributed by atoms with van der Waals surface area (Å²) in [4.78, 5) is 32.3. The second-order valence-electron chi connectivity index (χ2n) is 7.24. The number of methoxy groups -OCH3 is 1. The number of H-pyrrole nitrogens is 1. The molecule has 0 unspecified atom stereocenters. The molecule has 1 amide bonds. The number of aromatic nitrogens is 2. The average molecular weight is 469 g/mol. The molecular formula is C26H20N4O3S. The Hall–Kier alpha value is -4.35. The fourth-order valence-corrected chi connectivity index (χ4v) is 4.06. The lowest BCUT2D eigenvalue weighted by Gasteiger charge is -2.09. The Morgan fingerprint density at radius 2 is 1.85 bits per heavy atom. The normalized spacial score (nSPS) is 10.4. The van der Waals surface area contributed by atoms with Crippen molar-refractivity contribution in [2.24, 2.45) is 0 Å². The Balaban J connectivity index is 1.53. The van der Waals surface area contributed by atoms with Gasteiger partial charge in [0.2, 0.25) is 0 Å². The number of nitriles is 1. The lowest BCUT2D eigenvalue weighted by Crippen LogP contribution is -2.14. The Bertz CT molecular complexity index is 1410. The molecule has 1 aromatic heterocycles. The smallest absolute Gasteiger partial charge is 0.270 e. The number of amides is 1. The van der Waals surface area contributed by atoms with E-state index in [-0.39, 0.29) is 11.5 Å². The van der Waals surface area contributed by atoms with Crippen LogP contribution >= 0.6 is 11.8 Å². The van der Waals surface area contributed by atoms with Crippen LogP contribution in [-0.4, -0.2) is 23.0 Å². The summed E-state index contributed by atoms with van der Waals surface area (Å²) in [5.41, 5.74) is 2.55. The number of hydrogen-bond acceptors (Lipinski definition) is 6. The van der Waals surface area contributed by atoms with Crippen molar-refractivity contribution < 1.29 is 9.53 Å². The Morgan fingerprint density at radius 1 is 1.09 bits per heavy atom. The van der Waals surface area contributed by atoms with Crippen molar-refractivity contribution in [1.82, 2.24) is 9.97 Å². The fraction of sp³-hybridized carbons (Fsp3) is 0.0769. The first-order valence-electron chi connectivity index (χ1n) is 10.3. The van der Waals surface area contributed by atoms with Gasteiger partial charge >= 0.3 is 0 Å². The lowest BCUT2D eigenvalue weighted by molar-refractivity contribution is 0.102. The molecule has 0 aliphatic carbocycles. The van der Waals surface area contributed by atoms with Crippen LogP contribution < -0.4 is 15.6 Å². The van der Waals surface area contributed by atoms with Crippen LogP contribution in [0.1, 0.15) is 21.5 Å². The maximum absolute atomic E-state index is 12.6. The van der Waals surface area contributed by atoms with Gasteiger partial charge in [0.1, 0.15) is 17.4 Å². The molecule has 1 heterocycles. The van der Waals surface area contributed by atoms with Crippen LogP contribution in [0, 0.1) is 11.3 Å². The van der Waals surface area contributed by atoms with E-state index in [2.05, 4.69) is 15.3 Å². The molecule has 4 rings (SSSR count). The van der Waals surface area contributed by atoms with Gasteiger partial charge in [-0.25, -0.2) is 4.98 Å². The molecule has 0 fully saturated rings. The minimum absolute atomic E-state index is 0.0471. The predicted octanol–water partition coefficient (Wildman–Crippen LogP) is 4.86. The first kappa shape index (κ1) is 22.8. The van der Waals surface area contributed by atoms with Gasteiger partial charge in [-0.15, -0.1) is 0 Å². The summed E-state index contributed by atoms with van der Waals surface area (Å²) in [6.45, 7) is 0. The zero-order valence-corrected chi connectivity index (χ0v) is 19.1. The zero-order valence-electron chi connectivity index (χ0n) is 18.2. The van der Waals surface area contributed by atoms with Crippen molar-refractivity contribution in [2.75, 3.05) is 12.4 Å². The van der Waals surface area contributed by atoms with Crippen LogP contribution in [0.15, 0.2) is 88.8 Å². The number of aromatic amines is 1. The van der Waals surface area contributed by atoms with E-state index in [0.717, 1.165) is 11.3 Å². The van der Waals surface area contributed by atoms with Crippen molar-refractivity contribution in [2.45, 2.75) is 10.9 Å². The number of rotatable bonds is 7. The molecule has 0 saturated heterocycles. The highest BCUT2D eigenvalue weighted by atomic mass is 32.2. The van der Waals surface area contributed by atoms with Gasteiger partial charge in [0.25, 0.3) is 11.5 Å². The van der Waals surface area contributed by atoms with Crippen molar-refractivity contribution in [1.29, 1.82) is 5.26 Å². The molecule has 4 aromatic rings. The number of anilines is 1. The van der Waals surface area contributed by atoms with E-state index >= 15 is 0 Å². The van der Waals surface area contributed by atoms with Gasteiger partial charge in [0.15, 0.2) is 5.16 Å². The SMILES string of the molecule is COc1ccc(-c2nc(SCc3cccc(C(=O)Nc4ccccc4)c3)[nH]c(=O)c2C#N)cc1. The largest absolute Gasteiger partial charge is 0.497 e. The molecule has 168 valence electrons. The van der Waals surface area contributed by atoms with Crippen LogP contribution in [-0.2, 0) is 5.75 Å². The number of carbonyl (C=O) groups is 1. The van der Waals surface area contributed by atoms with Gasteiger partial charge in [-0.2, -0.15) is 5.26 Å². The third-order valence-corrected chi connectivity index (χ3v) is 5.91. The molecule has 0 spiro atoms. The summed E-state index contributed by atoms with van der Waals surface area (Å²) in [6, 6.07) is 25.5. The van der Waals surface area contributed by atoms with Crippen molar-refractivity contribution in [3.05, 3.63) is 106 Å². The molecule has 0 aliphatic rings. The molecule has 0 bridgehead atoms. The molecule has 0 atom stereocenters. The minimum atomic E-state index is -0.498. The Kier molecular flexibility index (Phi) is 7.06. The van der Waals surface area contributed by atoms with E-state index in [9.17, 15) is 14.9 Å². The number of thioether (sulfide) groups is 1. The van der Waals surface area contributed by atoms with Gasteiger partial charge in [-0.3, -0.25) is 9.59 Å². The highest BCUT2D eigenvalue weighted by Crippen LogP contribution is 2.26. The molecular weight excluding hydrogens is 448 g/mol. The van der Waals surface area contributed by atoms with Gasteiger partial charge in [0.05, 0.1) is 12.8 Å². The number of carbonyl (C=O) groups excluding carboxylic acids is 1. The molecule has 2 N–H and O–H groups in total. The van der Waals surface area contributed by atoms with E-state index in [1.165, 1.54) is 11.8 Å². The summed E-state index contributed by atoms with van der Waals surface area (Å²) in [7, 11) is 1.57. The van der Waals surface area contributed by atoms with E-state index in [1.807, 2.05) is 48.5 Å². The van der Waals surface area contributed by atoms with E-state index in [0.29, 0.717) is 33.5 Å². The lowest BCUT2D eigenvalue weighted by atomic mass is 10.1.